The zero-order valence-corrected chi connectivity index (χ0v) is 13.7. The fraction of sp³-hybridized carbons (Fsp3) is 1.00. The molecule has 0 saturated heterocycles. The summed E-state index contributed by atoms with van der Waals surface area (Å²) in [5.74, 6) is 0. The minimum Gasteiger partial charge on any atom is -0.324 e. The number of rotatable bonds is 10. The Kier molecular flexibility index (Phi) is 8.04. The second kappa shape index (κ2) is 7.92. The molecule has 0 aliphatic heterocycles. The van der Waals surface area contributed by atoms with Crippen molar-refractivity contribution in [3.8, 4) is 0 Å². The van der Waals surface area contributed by atoms with Crippen molar-refractivity contribution in [2.24, 2.45) is 0 Å². The third-order valence-corrected chi connectivity index (χ3v) is 8.73. The Morgan fingerprint density at radius 2 is 1.58 bits per heavy atom. The predicted octanol–water partition coefficient (Wildman–Crippen LogP) is 3.46. The Balaban J connectivity index is 5.23. The molecule has 0 bridgehead atoms. The summed E-state index contributed by atoms with van der Waals surface area (Å²) in [6.45, 7) is 5.01. The first kappa shape index (κ1) is 19.3. The van der Waals surface area contributed by atoms with Crippen LogP contribution in [0.3, 0.4) is 0 Å². The molecule has 0 aliphatic rings. The predicted molar refractivity (Wildman–Crippen MR) is 75.3 cm³/mol. The summed E-state index contributed by atoms with van der Waals surface area (Å²) in [6, 6.07) is 0. The van der Waals surface area contributed by atoms with E-state index in [1.807, 2.05) is 6.92 Å². The van der Waals surface area contributed by atoms with Crippen LogP contribution < -0.4 is 0 Å². The summed E-state index contributed by atoms with van der Waals surface area (Å²) in [5, 5.41) is 0. The van der Waals surface area contributed by atoms with Gasteiger partial charge in [-0.1, -0.05) is 39.5 Å². The molecule has 0 spiro atoms. The van der Waals surface area contributed by atoms with E-state index in [4.69, 9.17) is 4.52 Å². The van der Waals surface area contributed by atoms with Gasteiger partial charge in [0.05, 0.1) is 6.61 Å². The second-order valence-electron chi connectivity index (χ2n) is 4.63. The highest BCUT2D eigenvalue weighted by Gasteiger charge is 2.59. The molecule has 2 atom stereocenters. The Morgan fingerprint density at radius 1 is 1.00 bits per heavy atom. The molecule has 0 fully saturated rings. The second-order valence-corrected chi connectivity index (χ2v) is 9.08. The van der Waals surface area contributed by atoms with Crippen LogP contribution in [0.5, 0.6) is 0 Å². The van der Waals surface area contributed by atoms with Gasteiger partial charge in [0.25, 0.3) is 0 Å². The molecule has 0 aliphatic carbocycles. The van der Waals surface area contributed by atoms with Crippen molar-refractivity contribution in [2.75, 3.05) is 6.61 Å². The Bertz CT molecular complexity index is 353. The topological polar surface area (TPSA) is 104 Å². The van der Waals surface area contributed by atoms with Gasteiger partial charge < -0.3 is 19.2 Å². The van der Waals surface area contributed by atoms with Crippen molar-refractivity contribution in [3.63, 3.8) is 0 Å². The van der Waals surface area contributed by atoms with Crippen LogP contribution in [0.15, 0.2) is 0 Å². The lowest BCUT2D eigenvalue weighted by atomic mass is 10.1. The van der Waals surface area contributed by atoms with Gasteiger partial charge in [0.1, 0.15) is 0 Å². The minimum absolute atomic E-state index is 0.00154. The van der Waals surface area contributed by atoms with Crippen LogP contribution >= 0.6 is 15.2 Å². The van der Waals surface area contributed by atoms with Crippen LogP contribution in [-0.4, -0.2) is 26.2 Å². The summed E-state index contributed by atoms with van der Waals surface area (Å²) in [4.78, 5) is 27.1. The van der Waals surface area contributed by atoms with E-state index < -0.39 is 20.1 Å². The molecule has 0 aromatic heterocycles. The molecular weight excluding hydrogens is 290 g/mol. The lowest BCUT2D eigenvalue weighted by molar-refractivity contribution is 0.240. The molecule has 0 saturated carbocycles. The highest BCUT2D eigenvalue weighted by molar-refractivity contribution is 7.72. The fourth-order valence-corrected chi connectivity index (χ4v) is 5.95. The summed E-state index contributed by atoms with van der Waals surface area (Å²) in [5.41, 5.74) is 0. The Hall–Kier alpha value is 0.300. The summed E-state index contributed by atoms with van der Waals surface area (Å²) in [7, 11) is -9.11. The quantitative estimate of drug-likeness (QED) is 0.421. The number of hydrogen-bond donors (Lipinski definition) is 3. The van der Waals surface area contributed by atoms with Crippen molar-refractivity contribution in [1.82, 2.24) is 0 Å². The molecule has 0 radical (unpaired) electrons. The standard InChI is InChI=1S/C11H26O6P2/c1-4-7-8-9-10-11(5-2,18(12,13)14)19(15,16)17-6-3/h4-10H2,1-3H3,(H,15,16)(H2,12,13,14). The summed E-state index contributed by atoms with van der Waals surface area (Å²) in [6.07, 6.45) is 3.12. The zero-order valence-electron chi connectivity index (χ0n) is 11.9. The fourth-order valence-electron chi connectivity index (χ4n) is 2.16. The van der Waals surface area contributed by atoms with Gasteiger partial charge in [-0.05, 0) is 19.8 Å². The van der Waals surface area contributed by atoms with Crippen LogP contribution in [0.2, 0.25) is 0 Å². The van der Waals surface area contributed by atoms with Gasteiger partial charge in [-0.2, -0.15) is 0 Å². The van der Waals surface area contributed by atoms with Crippen molar-refractivity contribution < 1.29 is 28.3 Å². The van der Waals surface area contributed by atoms with E-state index in [0.717, 1.165) is 19.3 Å². The van der Waals surface area contributed by atoms with E-state index in [9.17, 15) is 23.8 Å². The zero-order chi connectivity index (χ0) is 15.2. The first-order valence-electron chi connectivity index (χ1n) is 6.71. The van der Waals surface area contributed by atoms with Crippen LogP contribution in [-0.2, 0) is 13.7 Å². The highest BCUT2D eigenvalue weighted by Crippen LogP contribution is 2.74. The highest BCUT2D eigenvalue weighted by atomic mass is 31.2. The third-order valence-electron chi connectivity index (χ3n) is 3.37. The van der Waals surface area contributed by atoms with E-state index in [2.05, 4.69) is 0 Å². The lowest BCUT2D eigenvalue weighted by Crippen LogP contribution is -2.29. The maximum atomic E-state index is 12.2. The van der Waals surface area contributed by atoms with Gasteiger partial charge >= 0.3 is 15.2 Å². The van der Waals surface area contributed by atoms with Crippen LogP contribution in [0.4, 0.5) is 0 Å². The summed E-state index contributed by atoms with van der Waals surface area (Å²) >= 11 is 0. The van der Waals surface area contributed by atoms with E-state index in [1.165, 1.54) is 13.8 Å². The van der Waals surface area contributed by atoms with Crippen molar-refractivity contribution in [3.05, 3.63) is 0 Å². The van der Waals surface area contributed by atoms with Crippen LogP contribution in [0, 0.1) is 0 Å². The molecule has 0 rings (SSSR count). The number of unbranched alkanes of at least 4 members (excludes halogenated alkanes) is 3. The summed E-state index contributed by atoms with van der Waals surface area (Å²) < 4.78 is 28.8. The van der Waals surface area contributed by atoms with E-state index in [0.29, 0.717) is 6.42 Å². The molecule has 3 N–H and O–H groups in total. The first-order valence-corrected chi connectivity index (χ1v) is 9.90. The molecular formula is C11H26O6P2. The molecule has 0 heterocycles. The lowest BCUT2D eigenvalue weighted by Gasteiger charge is -2.36. The van der Waals surface area contributed by atoms with Crippen LogP contribution in [0.1, 0.15) is 59.3 Å². The van der Waals surface area contributed by atoms with Gasteiger partial charge in [-0.3, -0.25) is 9.13 Å². The van der Waals surface area contributed by atoms with Gasteiger partial charge in [-0.25, -0.2) is 0 Å². The minimum atomic E-state index is -4.74. The molecule has 19 heavy (non-hydrogen) atoms. The Morgan fingerprint density at radius 3 is 1.95 bits per heavy atom. The molecule has 116 valence electrons. The normalized spacial score (nSPS) is 18.8. The van der Waals surface area contributed by atoms with E-state index >= 15 is 0 Å². The Labute approximate surface area is 115 Å². The average Bonchev–Trinajstić information content (AvgIpc) is 2.27. The van der Waals surface area contributed by atoms with Gasteiger partial charge in [-0.15, -0.1) is 0 Å². The molecule has 0 aromatic rings. The van der Waals surface area contributed by atoms with Crippen molar-refractivity contribution in [2.45, 2.75) is 64.2 Å². The van der Waals surface area contributed by atoms with E-state index in [1.54, 1.807) is 0 Å². The van der Waals surface area contributed by atoms with Crippen molar-refractivity contribution in [1.29, 1.82) is 0 Å². The number of hydrogen-bond acceptors (Lipinski definition) is 3. The molecule has 8 heteroatoms. The molecule has 0 amide bonds. The smallest absolute Gasteiger partial charge is 0.324 e. The van der Waals surface area contributed by atoms with Gasteiger partial charge in [0, 0.05) is 0 Å². The average molecular weight is 316 g/mol. The maximum Gasteiger partial charge on any atom is 0.346 e. The van der Waals surface area contributed by atoms with E-state index in [-0.39, 0.29) is 19.4 Å². The first-order chi connectivity index (χ1) is 8.68. The van der Waals surface area contributed by atoms with Gasteiger partial charge in [0.2, 0.25) is 0 Å². The van der Waals surface area contributed by atoms with Crippen LogP contribution in [0.25, 0.3) is 0 Å². The third kappa shape index (κ3) is 4.66. The SMILES string of the molecule is CCCCCCC(CC)(P(=O)(O)O)P(=O)(O)OCC. The van der Waals surface area contributed by atoms with Gasteiger partial charge in [0.15, 0.2) is 4.90 Å². The maximum absolute atomic E-state index is 12.2. The monoisotopic (exact) mass is 316 g/mol. The molecule has 6 nitrogen and oxygen atoms in total. The van der Waals surface area contributed by atoms with Crippen molar-refractivity contribution >= 4 is 15.2 Å². The largest absolute Gasteiger partial charge is 0.346 e. The molecule has 2 unspecified atom stereocenters. The molecule has 0 aromatic carbocycles.